The van der Waals surface area contributed by atoms with Crippen molar-refractivity contribution in [1.29, 1.82) is 0 Å². The number of aromatic nitrogens is 1. The Morgan fingerprint density at radius 2 is 2.19 bits per heavy atom. The number of rotatable bonds is 2. The molecule has 0 spiro atoms. The van der Waals surface area contributed by atoms with Crippen LogP contribution >= 0.6 is 11.8 Å². The minimum absolute atomic E-state index is 0.143. The zero-order valence-electron chi connectivity index (χ0n) is 12.1. The zero-order chi connectivity index (χ0) is 15.5. The van der Waals surface area contributed by atoms with E-state index in [1.165, 1.54) is 6.20 Å². The van der Waals surface area contributed by atoms with Crippen LogP contribution in [0.2, 0.25) is 0 Å². The van der Waals surface area contributed by atoms with E-state index in [2.05, 4.69) is 24.1 Å². The molecule has 0 atom stereocenters. The van der Waals surface area contributed by atoms with E-state index in [4.69, 9.17) is 5.11 Å². The van der Waals surface area contributed by atoms with Gasteiger partial charge in [-0.2, -0.15) is 11.8 Å². The van der Waals surface area contributed by atoms with Gasteiger partial charge in [-0.3, -0.25) is 0 Å². The van der Waals surface area contributed by atoms with E-state index >= 15 is 0 Å². The van der Waals surface area contributed by atoms with Crippen molar-refractivity contribution < 1.29 is 14.7 Å². The summed E-state index contributed by atoms with van der Waals surface area (Å²) in [6.45, 7) is 5.66. The first-order valence-corrected chi connectivity index (χ1v) is 7.76. The molecule has 0 bridgehead atoms. The molecule has 0 aromatic carbocycles. The first kappa shape index (κ1) is 15.6. The number of hydrogen-bond donors (Lipinski definition) is 2. The highest BCUT2D eigenvalue weighted by Crippen LogP contribution is 2.30. The zero-order valence-corrected chi connectivity index (χ0v) is 12.9. The third-order valence-electron chi connectivity index (χ3n) is 3.38. The molecule has 1 fully saturated rings. The summed E-state index contributed by atoms with van der Waals surface area (Å²) in [4.78, 5) is 28.9. The maximum absolute atomic E-state index is 12.3. The summed E-state index contributed by atoms with van der Waals surface area (Å²) < 4.78 is 0.162. The van der Waals surface area contributed by atoms with Gasteiger partial charge in [-0.15, -0.1) is 0 Å². The number of anilines is 1. The number of carbonyl (C=O) groups is 2. The van der Waals surface area contributed by atoms with Crippen LogP contribution in [0.1, 0.15) is 30.8 Å². The molecule has 2 amide bonds. The molecule has 1 aliphatic heterocycles. The maximum Gasteiger partial charge on any atom is 0.356 e. The predicted molar refractivity (Wildman–Crippen MR) is 82.9 cm³/mol. The molecule has 0 unspecified atom stereocenters. The first-order valence-electron chi connectivity index (χ1n) is 6.77. The molecule has 114 valence electrons. The van der Waals surface area contributed by atoms with Crippen LogP contribution in [-0.4, -0.2) is 50.6 Å². The van der Waals surface area contributed by atoms with Gasteiger partial charge < -0.3 is 15.3 Å². The molecule has 1 aliphatic rings. The minimum atomic E-state index is -1.15. The number of thioether (sulfide) groups is 1. The average molecular weight is 309 g/mol. The Morgan fingerprint density at radius 3 is 2.90 bits per heavy atom. The van der Waals surface area contributed by atoms with E-state index in [-0.39, 0.29) is 22.2 Å². The van der Waals surface area contributed by atoms with Crippen LogP contribution in [0.5, 0.6) is 0 Å². The maximum atomic E-state index is 12.3. The summed E-state index contributed by atoms with van der Waals surface area (Å²) in [5.41, 5.74) is 0.0848. The summed E-state index contributed by atoms with van der Waals surface area (Å²) in [5.74, 6) is -0.280. The fourth-order valence-electron chi connectivity index (χ4n) is 2.09. The van der Waals surface area contributed by atoms with Gasteiger partial charge in [0.25, 0.3) is 0 Å². The van der Waals surface area contributed by atoms with Gasteiger partial charge in [0.05, 0.1) is 5.69 Å². The number of pyridine rings is 1. The topological polar surface area (TPSA) is 82.5 Å². The van der Waals surface area contributed by atoms with Crippen LogP contribution in [-0.2, 0) is 0 Å². The van der Waals surface area contributed by atoms with Crippen LogP contribution in [0.25, 0.3) is 0 Å². The molecular formula is C14H19N3O3S. The van der Waals surface area contributed by atoms with Crippen molar-refractivity contribution in [2.24, 2.45) is 0 Å². The molecular weight excluding hydrogens is 290 g/mol. The van der Waals surface area contributed by atoms with Crippen molar-refractivity contribution in [2.75, 3.05) is 24.2 Å². The molecule has 0 radical (unpaired) electrons. The lowest BCUT2D eigenvalue weighted by atomic mass is 10.1. The van der Waals surface area contributed by atoms with Gasteiger partial charge >= 0.3 is 12.0 Å². The Labute approximate surface area is 127 Å². The Kier molecular flexibility index (Phi) is 4.72. The second kappa shape index (κ2) is 6.34. The van der Waals surface area contributed by atoms with Gasteiger partial charge in [-0.1, -0.05) is 13.8 Å². The third kappa shape index (κ3) is 4.10. The molecule has 2 N–H and O–H groups in total. The SMILES string of the molecule is CC1(C)CCN(C(=O)Nc2cccnc2C(=O)O)CCS1. The molecule has 6 nitrogen and oxygen atoms in total. The molecule has 0 saturated carbocycles. The van der Waals surface area contributed by atoms with Gasteiger partial charge in [-0.05, 0) is 18.6 Å². The number of hydrogen-bond acceptors (Lipinski definition) is 4. The Balaban J connectivity index is 2.06. The highest BCUT2D eigenvalue weighted by Gasteiger charge is 2.26. The summed E-state index contributed by atoms with van der Waals surface area (Å²) in [6.07, 6.45) is 2.30. The standard InChI is InChI=1S/C14H19N3O3S/c1-14(2)5-7-17(8-9-21-14)13(20)16-10-4-3-6-15-11(10)12(18)19/h3-4,6H,5,7-9H2,1-2H3,(H,16,20)(H,18,19). The van der Waals surface area contributed by atoms with Crippen molar-refractivity contribution >= 4 is 29.4 Å². The third-order valence-corrected chi connectivity index (χ3v) is 4.75. The summed E-state index contributed by atoms with van der Waals surface area (Å²) in [5, 5.41) is 11.7. The summed E-state index contributed by atoms with van der Waals surface area (Å²) >= 11 is 1.85. The van der Waals surface area contributed by atoms with Gasteiger partial charge in [0.1, 0.15) is 0 Å². The number of amides is 2. The van der Waals surface area contributed by atoms with E-state index < -0.39 is 5.97 Å². The van der Waals surface area contributed by atoms with Crippen LogP contribution in [0.4, 0.5) is 10.5 Å². The van der Waals surface area contributed by atoms with Gasteiger partial charge in [0.2, 0.25) is 0 Å². The van der Waals surface area contributed by atoms with E-state index in [9.17, 15) is 9.59 Å². The van der Waals surface area contributed by atoms with Gasteiger partial charge in [0.15, 0.2) is 5.69 Å². The van der Waals surface area contributed by atoms with E-state index in [0.717, 1.165) is 12.2 Å². The highest BCUT2D eigenvalue weighted by molar-refractivity contribution is 8.00. The quantitative estimate of drug-likeness (QED) is 0.877. The number of urea groups is 1. The van der Waals surface area contributed by atoms with Crippen molar-refractivity contribution in [2.45, 2.75) is 25.0 Å². The highest BCUT2D eigenvalue weighted by atomic mass is 32.2. The number of aromatic carboxylic acids is 1. The van der Waals surface area contributed by atoms with Crippen molar-refractivity contribution in [3.63, 3.8) is 0 Å². The van der Waals surface area contributed by atoms with Gasteiger partial charge in [0, 0.05) is 29.8 Å². The minimum Gasteiger partial charge on any atom is -0.476 e. The largest absolute Gasteiger partial charge is 0.476 e. The molecule has 1 aromatic rings. The number of carboxylic acids is 1. The van der Waals surface area contributed by atoms with E-state index in [1.807, 2.05) is 11.8 Å². The van der Waals surface area contributed by atoms with Crippen LogP contribution in [0.3, 0.4) is 0 Å². The number of carboxylic acid groups (broad SMARTS) is 1. The average Bonchev–Trinajstić information content (AvgIpc) is 2.60. The Bertz CT molecular complexity index is 548. The lowest BCUT2D eigenvalue weighted by Crippen LogP contribution is -2.37. The first-order chi connectivity index (χ1) is 9.89. The molecule has 1 aromatic heterocycles. The molecule has 1 saturated heterocycles. The smallest absolute Gasteiger partial charge is 0.356 e. The number of nitrogens with zero attached hydrogens (tertiary/aromatic N) is 2. The van der Waals surface area contributed by atoms with Crippen LogP contribution < -0.4 is 5.32 Å². The number of nitrogens with one attached hydrogen (secondary N) is 1. The molecule has 2 heterocycles. The van der Waals surface area contributed by atoms with Crippen LogP contribution in [0.15, 0.2) is 18.3 Å². The monoisotopic (exact) mass is 309 g/mol. The van der Waals surface area contributed by atoms with Crippen molar-refractivity contribution in [1.82, 2.24) is 9.88 Å². The van der Waals surface area contributed by atoms with Crippen LogP contribution in [0, 0.1) is 0 Å². The Morgan fingerprint density at radius 1 is 1.43 bits per heavy atom. The number of carbonyl (C=O) groups excluding carboxylic acids is 1. The lowest BCUT2D eigenvalue weighted by Gasteiger charge is -2.23. The normalized spacial score (nSPS) is 17.9. The molecule has 2 rings (SSSR count). The second-order valence-corrected chi connectivity index (χ2v) is 7.28. The Hall–Kier alpha value is -1.76. The van der Waals surface area contributed by atoms with Gasteiger partial charge in [-0.25, -0.2) is 14.6 Å². The molecule has 21 heavy (non-hydrogen) atoms. The van der Waals surface area contributed by atoms with E-state index in [1.54, 1.807) is 17.0 Å². The predicted octanol–water partition coefficient (Wildman–Crippen LogP) is 2.53. The lowest BCUT2D eigenvalue weighted by molar-refractivity contribution is 0.0691. The van der Waals surface area contributed by atoms with Crippen molar-refractivity contribution in [3.05, 3.63) is 24.0 Å². The molecule has 7 heteroatoms. The summed E-state index contributed by atoms with van der Waals surface area (Å²) in [6, 6.07) is 2.87. The fraction of sp³-hybridized carbons (Fsp3) is 0.500. The summed E-state index contributed by atoms with van der Waals surface area (Å²) in [7, 11) is 0. The fourth-order valence-corrected chi connectivity index (χ4v) is 3.19. The molecule has 0 aliphatic carbocycles. The second-order valence-electron chi connectivity index (χ2n) is 5.48. The van der Waals surface area contributed by atoms with Crippen molar-refractivity contribution in [3.8, 4) is 0 Å². The van der Waals surface area contributed by atoms with E-state index in [0.29, 0.717) is 13.1 Å².